The molecule has 0 aliphatic rings. The number of hydrogen-bond acceptors (Lipinski definition) is 2. The quantitative estimate of drug-likeness (QED) is 0.495. The van der Waals surface area contributed by atoms with E-state index < -0.39 is 6.85 Å². The Kier molecular flexibility index (Phi) is 2.15. The highest BCUT2D eigenvalue weighted by Crippen LogP contribution is 2.31. The number of aryl methyl sites for hydroxylation is 3. The van der Waals surface area contributed by atoms with Gasteiger partial charge in [-0.3, -0.25) is 0 Å². The van der Waals surface area contributed by atoms with E-state index in [2.05, 4.69) is 11.1 Å². The van der Waals surface area contributed by atoms with Crippen molar-refractivity contribution in [3.8, 4) is 11.3 Å². The minimum Gasteiger partial charge on any atom is -0.438 e. The molecule has 4 rings (SSSR count). The summed E-state index contributed by atoms with van der Waals surface area (Å²) in [6.45, 7) is -0.187. The number of rotatable bonds is 1. The average molecular weight is 292 g/mol. The first-order valence-electron chi connectivity index (χ1n) is 8.64. The van der Waals surface area contributed by atoms with Crippen LogP contribution in [0, 0.1) is 13.8 Å². The van der Waals surface area contributed by atoms with Gasteiger partial charge in [0.05, 0.1) is 11.3 Å². The summed E-state index contributed by atoms with van der Waals surface area (Å²) in [4.78, 5) is 4.61. The molecule has 1 aromatic carbocycles. The third kappa shape index (κ3) is 1.90. The van der Waals surface area contributed by atoms with Crippen LogP contribution in [-0.4, -0.2) is 4.98 Å². The molecular weight excluding hydrogens is 272 g/mol. The van der Waals surface area contributed by atoms with Crippen molar-refractivity contribution in [3.05, 3.63) is 59.9 Å². The summed E-state index contributed by atoms with van der Waals surface area (Å²) < 4.78 is 30.3. The molecule has 3 heterocycles. The normalized spacial score (nSPS) is 14.0. The van der Waals surface area contributed by atoms with Crippen LogP contribution in [0.3, 0.4) is 0 Å². The molecule has 108 valence electrons. The van der Waals surface area contributed by atoms with Crippen LogP contribution in [-0.2, 0) is 7.05 Å². The van der Waals surface area contributed by atoms with E-state index in [4.69, 9.17) is 8.53 Å². The minimum absolute atomic E-state index is 0.319. The number of aromatic nitrogens is 2. The van der Waals surface area contributed by atoms with Crippen molar-refractivity contribution < 1.29 is 13.1 Å². The topological polar surface area (TPSA) is 29.9 Å². The van der Waals surface area contributed by atoms with E-state index in [-0.39, 0.29) is 0 Å². The molecule has 0 fully saturated rings. The maximum Gasteiger partial charge on any atom is 0.227 e. The zero-order valence-electron chi connectivity index (χ0n) is 15.4. The SMILES string of the molecule is [2H]C([2H])([2H])c1ccc(-c2cc3c(nc2C)oc2ccccc23)[n+](C)c1. The van der Waals surface area contributed by atoms with E-state index in [1.54, 1.807) is 12.3 Å². The number of nitrogens with zero attached hydrogens (tertiary/aromatic N) is 2. The molecule has 0 N–H and O–H groups in total. The van der Waals surface area contributed by atoms with Gasteiger partial charge in [-0.05, 0) is 32.0 Å². The summed E-state index contributed by atoms with van der Waals surface area (Å²) in [5.74, 6) is 0. The zero-order chi connectivity index (χ0) is 17.8. The molecule has 0 aliphatic heterocycles. The van der Waals surface area contributed by atoms with Gasteiger partial charge < -0.3 is 4.42 Å². The van der Waals surface area contributed by atoms with Crippen molar-refractivity contribution in [1.82, 2.24) is 4.98 Å². The molecule has 0 aliphatic carbocycles. The van der Waals surface area contributed by atoms with Crippen LogP contribution in [0.2, 0.25) is 0 Å². The smallest absolute Gasteiger partial charge is 0.227 e. The lowest BCUT2D eigenvalue weighted by molar-refractivity contribution is -0.660. The molecule has 22 heavy (non-hydrogen) atoms. The van der Waals surface area contributed by atoms with Crippen molar-refractivity contribution in [3.63, 3.8) is 0 Å². The van der Waals surface area contributed by atoms with E-state index in [0.29, 0.717) is 11.3 Å². The highest BCUT2D eigenvalue weighted by molar-refractivity contribution is 6.04. The summed E-state index contributed by atoms with van der Waals surface area (Å²) in [5, 5.41) is 1.98. The molecule has 3 aromatic heterocycles. The Balaban J connectivity index is 1.94. The number of para-hydroxylation sites is 1. The van der Waals surface area contributed by atoms with Crippen LogP contribution in [0.5, 0.6) is 0 Å². The van der Waals surface area contributed by atoms with Crippen LogP contribution < -0.4 is 4.57 Å². The molecule has 0 atom stereocenters. The van der Waals surface area contributed by atoms with Crippen molar-refractivity contribution in [1.29, 1.82) is 0 Å². The van der Waals surface area contributed by atoms with Gasteiger partial charge in [0.25, 0.3) is 0 Å². The zero-order valence-corrected chi connectivity index (χ0v) is 12.4. The van der Waals surface area contributed by atoms with Gasteiger partial charge >= 0.3 is 0 Å². The summed E-state index contributed by atoms with van der Waals surface area (Å²) >= 11 is 0. The van der Waals surface area contributed by atoms with Crippen molar-refractivity contribution in [2.24, 2.45) is 7.05 Å². The molecule has 0 saturated carbocycles. The number of pyridine rings is 2. The second kappa shape index (κ2) is 4.67. The lowest BCUT2D eigenvalue weighted by atomic mass is 10.1. The maximum absolute atomic E-state index is 7.56. The van der Waals surface area contributed by atoms with Crippen LogP contribution in [0.25, 0.3) is 33.3 Å². The average Bonchev–Trinajstić information content (AvgIpc) is 2.90. The fourth-order valence-corrected chi connectivity index (χ4v) is 2.88. The van der Waals surface area contributed by atoms with Crippen molar-refractivity contribution >= 4 is 22.1 Å². The Bertz CT molecular complexity index is 1110. The van der Waals surface area contributed by atoms with Gasteiger partial charge in [0.15, 0.2) is 6.20 Å². The molecule has 0 bridgehead atoms. The number of furan rings is 1. The Morgan fingerprint density at radius 2 is 2.00 bits per heavy atom. The molecule has 0 amide bonds. The van der Waals surface area contributed by atoms with E-state index >= 15 is 0 Å². The van der Waals surface area contributed by atoms with Gasteiger partial charge in [0.2, 0.25) is 11.4 Å². The van der Waals surface area contributed by atoms with Gasteiger partial charge in [0, 0.05) is 26.5 Å². The lowest BCUT2D eigenvalue weighted by Gasteiger charge is -2.04. The molecule has 0 saturated heterocycles. The van der Waals surface area contributed by atoms with E-state index in [1.165, 1.54) is 0 Å². The van der Waals surface area contributed by atoms with Crippen molar-refractivity contribution in [2.45, 2.75) is 13.8 Å². The third-order valence-corrected chi connectivity index (χ3v) is 3.97. The monoisotopic (exact) mass is 292 g/mol. The Morgan fingerprint density at radius 3 is 2.82 bits per heavy atom. The number of benzene rings is 1. The number of hydrogen-bond donors (Lipinski definition) is 0. The van der Waals surface area contributed by atoms with Gasteiger partial charge in [-0.15, -0.1) is 0 Å². The van der Waals surface area contributed by atoms with Gasteiger partial charge in [-0.1, -0.05) is 18.2 Å². The fraction of sp³-hybridized carbons (Fsp3) is 0.158. The Hall–Kier alpha value is -2.68. The molecule has 3 nitrogen and oxygen atoms in total. The first-order chi connectivity index (χ1) is 11.8. The predicted octanol–water partition coefficient (Wildman–Crippen LogP) is 4.09. The van der Waals surface area contributed by atoms with E-state index in [0.717, 1.165) is 33.3 Å². The predicted molar refractivity (Wildman–Crippen MR) is 87.6 cm³/mol. The summed E-state index contributed by atoms with van der Waals surface area (Å²) in [7, 11) is 1.85. The first-order valence-corrected chi connectivity index (χ1v) is 7.14. The maximum atomic E-state index is 7.56. The summed E-state index contributed by atoms with van der Waals surface area (Å²) in [6, 6.07) is 13.4. The van der Waals surface area contributed by atoms with E-state index in [1.807, 2.05) is 48.9 Å². The number of fused-ring (bicyclic) bond motifs is 3. The minimum atomic E-state index is -2.12. The second-order valence-electron chi connectivity index (χ2n) is 5.49. The largest absolute Gasteiger partial charge is 0.438 e. The molecule has 4 aromatic rings. The second-order valence-corrected chi connectivity index (χ2v) is 5.49. The van der Waals surface area contributed by atoms with E-state index in [9.17, 15) is 0 Å². The summed E-state index contributed by atoms with van der Waals surface area (Å²) in [5.41, 5.74) is 4.44. The van der Waals surface area contributed by atoms with Crippen LogP contribution in [0.15, 0.2) is 53.1 Å². The Labute approximate surface area is 133 Å². The standard InChI is InChI=1S/C19H17N2O/c1-12-8-9-17(21(3)11-12)15-10-16-14-6-4-5-7-18(14)22-19(16)20-13(15)2/h4-11H,1-3H3/q+1/i1D3. The highest BCUT2D eigenvalue weighted by atomic mass is 16.3. The van der Waals surface area contributed by atoms with Crippen LogP contribution in [0.1, 0.15) is 15.4 Å². The molecule has 0 radical (unpaired) electrons. The fourth-order valence-electron chi connectivity index (χ4n) is 2.88. The molecule has 0 spiro atoms. The highest BCUT2D eigenvalue weighted by Gasteiger charge is 2.17. The van der Waals surface area contributed by atoms with Crippen molar-refractivity contribution in [2.75, 3.05) is 0 Å². The van der Waals surface area contributed by atoms with Gasteiger partial charge in [-0.2, -0.15) is 0 Å². The molecule has 3 heteroatoms. The third-order valence-electron chi connectivity index (χ3n) is 3.97. The summed E-state index contributed by atoms with van der Waals surface area (Å²) in [6.07, 6.45) is 1.65. The molecular formula is C19H17N2O+. The molecule has 0 unspecified atom stereocenters. The van der Waals surface area contributed by atoms with Gasteiger partial charge in [-0.25, -0.2) is 9.55 Å². The lowest BCUT2D eigenvalue weighted by Crippen LogP contribution is -2.31. The first kappa shape index (κ1) is 10.1. The van der Waals surface area contributed by atoms with Gasteiger partial charge in [0.1, 0.15) is 12.6 Å². The van der Waals surface area contributed by atoms with Crippen LogP contribution >= 0.6 is 0 Å². The van der Waals surface area contributed by atoms with Crippen LogP contribution in [0.4, 0.5) is 0 Å². The Morgan fingerprint density at radius 1 is 1.14 bits per heavy atom.